The van der Waals surface area contributed by atoms with E-state index < -0.39 is 5.60 Å². The molecule has 0 aliphatic carbocycles. The molecule has 1 aromatic heterocycles. The summed E-state index contributed by atoms with van der Waals surface area (Å²) in [7, 11) is 1.61. The van der Waals surface area contributed by atoms with Crippen LogP contribution in [0, 0.1) is 6.92 Å². The molecule has 0 bridgehead atoms. The molecule has 2 aromatic carbocycles. The third kappa shape index (κ3) is 4.11. The standard InChI is InChI=1S/C26H28N4O4/c1-17-27-16-30(28-17)21-10-9-18(13-23(21)32-4)14-24-25(31)29(15-26(2,3)34-24)20-11-12-33-22-8-6-5-7-19(20)22/h5-10,13-14,16,20H,11-12,15H2,1-4H3/b24-14-/t20-/m0/s1. The number of carbonyl (C=O) groups excluding carboxylic acids is 1. The van der Waals surface area contributed by atoms with Gasteiger partial charge in [0.25, 0.3) is 5.91 Å². The maximum absolute atomic E-state index is 13.6. The number of benzene rings is 2. The Kier molecular flexibility index (Phi) is 5.51. The highest BCUT2D eigenvalue weighted by Gasteiger charge is 2.41. The highest BCUT2D eigenvalue weighted by atomic mass is 16.5. The lowest BCUT2D eigenvalue weighted by molar-refractivity contribution is -0.150. The number of carbonyl (C=O) groups is 1. The first kappa shape index (κ1) is 22.0. The van der Waals surface area contributed by atoms with Gasteiger partial charge in [-0.25, -0.2) is 9.67 Å². The first-order valence-electron chi connectivity index (χ1n) is 11.3. The lowest BCUT2D eigenvalue weighted by atomic mass is 9.95. The Labute approximate surface area is 198 Å². The normalized spacial score (nSPS) is 20.5. The number of rotatable bonds is 4. The van der Waals surface area contributed by atoms with Crippen molar-refractivity contribution in [3.8, 4) is 17.2 Å². The van der Waals surface area contributed by atoms with E-state index in [-0.39, 0.29) is 11.9 Å². The Bertz CT molecular complexity index is 1260. The predicted octanol–water partition coefficient (Wildman–Crippen LogP) is 4.09. The van der Waals surface area contributed by atoms with Crippen LogP contribution < -0.4 is 9.47 Å². The monoisotopic (exact) mass is 460 g/mol. The average molecular weight is 461 g/mol. The SMILES string of the molecule is COc1cc(/C=C2\OC(C)(C)CN([C@H]3CCOc4ccccc43)C2=O)ccc1-n1cnc(C)n1. The molecule has 0 radical (unpaired) electrons. The minimum absolute atomic E-state index is 0.0588. The van der Waals surface area contributed by atoms with Gasteiger partial charge >= 0.3 is 0 Å². The summed E-state index contributed by atoms with van der Waals surface area (Å²) in [4.78, 5) is 19.7. The van der Waals surface area contributed by atoms with Crippen molar-refractivity contribution in [1.82, 2.24) is 19.7 Å². The maximum atomic E-state index is 13.6. The van der Waals surface area contributed by atoms with Gasteiger partial charge in [-0.05, 0) is 50.6 Å². The molecule has 5 rings (SSSR count). The number of nitrogens with zero attached hydrogens (tertiary/aromatic N) is 4. The Morgan fingerprint density at radius 1 is 1.21 bits per heavy atom. The first-order chi connectivity index (χ1) is 16.3. The van der Waals surface area contributed by atoms with E-state index in [1.165, 1.54) is 0 Å². The number of methoxy groups -OCH3 is 1. The average Bonchev–Trinajstić information content (AvgIpc) is 3.26. The molecule has 3 heterocycles. The van der Waals surface area contributed by atoms with Crippen molar-refractivity contribution < 1.29 is 19.0 Å². The largest absolute Gasteiger partial charge is 0.494 e. The second kappa shape index (κ2) is 8.52. The van der Waals surface area contributed by atoms with Gasteiger partial charge in [-0.15, -0.1) is 0 Å². The molecule has 1 amide bonds. The smallest absolute Gasteiger partial charge is 0.289 e. The molecule has 2 aliphatic heterocycles. The lowest BCUT2D eigenvalue weighted by Gasteiger charge is -2.44. The van der Waals surface area contributed by atoms with Crippen LogP contribution in [-0.2, 0) is 9.53 Å². The van der Waals surface area contributed by atoms with Gasteiger partial charge in [0.2, 0.25) is 0 Å². The van der Waals surface area contributed by atoms with Gasteiger partial charge in [0.1, 0.15) is 34.9 Å². The molecule has 1 fully saturated rings. The van der Waals surface area contributed by atoms with Crippen LogP contribution in [0.5, 0.6) is 11.5 Å². The molecule has 8 nitrogen and oxygen atoms in total. The first-order valence-corrected chi connectivity index (χ1v) is 11.3. The van der Waals surface area contributed by atoms with Crippen molar-refractivity contribution >= 4 is 12.0 Å². The maximum Gasteiger partial charge on any atom is 0.289 e. The van der Waals surface area contributed by atoms with Gasteiger partial charge in [0, 0.05) is 12.0 Å². The number of amides is 1. The zero-order chi connectivity index (χ0) is 23.9. The Morgan fingerprint density at radius 3 is 2.79 bits per heavy atom. The number of hydrogen-bond acceptors (Lipinski definition) is 6. The zero-order valence-corrected chi connectivity index (χ0v) is 19.8. The third-order valence-corrected chi connectivity index (χ3v) is 6.07. The molecule has 0 N–H and O–H groups in total. The van der Waals surface area contributed by atoms with Crippen molar-refractivity contribution in [2.24, 2.45) is 0 Å². The molecule has 34 heavy (non-hydrogen) atoms. The molecule has 2 aliphatic rings. The minimum atomic E-state index is -0.532. The number of hydrogen-bond donors (Lipinski definition) is 0. The zero-order valence-electron chi connectivity index (χ0n) is 19.8. The van der Waals surface area contributed by atoms with Crippen LogP contribution in [0.25, 0.3) is 11.8 Å². The number of para-hydroxylation sites is 1. The molecule has 0 spiro atoms. The van der Waals surface area contributed by atoms with Crippen LogP contribution in [0.1, 0.15) is 43.3 Å². The van der Waals surface area contributed by atoms with Gasteiger partial charge < -0.3 is 19.1 Å². The summed E-state index contributed by atoms with van der Waals surface area (Å²) in [6.07, 6.45) is 4.16. The summed E-state index contributed by atoms with van der Waals surface area (Å²) in [5.74, 6) is 2.32. The van der Waals surface area contributed by atoms with Crippen molar-refractivity contribution in [2.75, 3.05) is 20.3 Å². The third-order valence-electron chi connectivity index (χ3n) is 6.07. The van der Waals surface area contributed by atoms with Crippen LogP contribution in [0.2, 0.25) is 0 Å². The van der Waals surface area contributed by atoms with Gasteiger partial charge in [0.05, 0.1) is 26.3 Å². The van der Waals surface area contributed by atoms with E-state index >= 15 is 0 Å². The highest BCUT2D eigenvalue weighted by Crippen LogP contribution is 2.40. The predicted molar refractivity (Wildman–Crippen MR) is 127 cm³/mol. The fourth-order valence-corrected chi connectivity index (χ4v) is 4.57. The highest BCUT2D eigenvalue weighted by molar-refractivity contribution is 5.97. The molecular weight excluding hydrogens is 432 g/mol. The number of aromatic nitrogens is 3. The molecular formula is C26H28N4O4. The van der Waals surface area contributed by atoms with Gasteiger partial charge in [0.15, 0.2) is 5.76 Å². The van der Waals surface area contributed by atoms with E-state index in [9.17, 15) is 4.79 Å². The minimum Gasteiger partial charge on any atom is -0.494 e. The van der Waals surface area contributed by atoms with Crippen LogP contribution >= 0.6 is 0 Å². The van der Waals surface area contributed by atoms with E-state index in [1.54, 1.807) is 24.2 Å². The van der Waals surface area contributed by atoms with Crippen LogP contribution in [-0.4, -0.2) is 51.4 Å². The molecule has 1 atom stereocenters. The van der Waals surface area contributed by atoms with Crippen molar-refractivity contribution in [3.63, 3.8) is 0 Å². The van der Waals surface area contributed by atoms with E-state index in [0.717, 1.165) is 29.0 Å². The summed E-state index contributed by atoms with van der Waals surface area (Å²) in [6.45, 7) is 6.91. The van der Waals surface area contributed by atoms with E-state index in [0.29, 0.717) is 30.5 Å². The van der Waals surface area contributed by atoms with Crippen molar-refractivity contribution in [3.05, 3.63) is 71.5 Å². The topological polar surface area (TPSA) is 78.7 Å². The number of aryl methyl sites for hydroxylation is 1. The van der Waals surface area contributed by atoms with E-state index in [2.05, 4.69) is 10.1 Å². The second-order valence-corrected chi connectivity index (χ2v) is 9.16. The summed E-state index contributed by atoms with van der Waals surface area (Å²) in [5.41, 5.74) is 2.07. The van der Waals surface area contributed by atoms with Gasteiger partial charge in [-0.3, -0.25) is 4.79 Å². The number of morpholine rings is 1. The lowest BCUT2D eigenvalue weighted by Crippen LogP contribution is -2.52. The summed E-state index contributed by atoms with van der Waals surface area (Å²) in [6, 6.07) is 13.5. The molecule has 8 heteroatoms. The van der Waals surface area contributed by atoms with Gasteiger partial charge in [-0.1, -0.05) is 24.3 Å². The Balaban J connectivity index is 1.49. The number of ether oxygens (including phenoxy) is 3. The van der Waals surface area contributed by atoms with Crippen LogP contribution in [0.4, 0.5) is 0 Å². The molecule has 0 unspecified atom stereocenters. The quantitative estimate of drug-likeness (QED) is 0.546. The van der Waals surface area contributed by atoms with Gasteiger partial charge in [-0.2, -0.15) is 5.10 Å². The number of fused-ring (bicyclic) bond motifs is 1. The summed E-state index contributed by atoms with van der Waals surface area (Å²) in [5, 5.41) is 4.36. The van der Waals surface area contributed by atoms with Crippen LogP contribution in [0.15, 0.2) is 54.6 Å². The molecule has 0 saturated carbocycles. The summed E-state index contributed by atoms with van der Waals surface area (Å²) < 4.78 is 19.2. The Hall–Kier alpha value is -3.81. The van der Waals surface area contributed by atoms with Crippen LogP contribution in [0.3, 0.4) is 0 Å². The van der Waals surface area contributed by atoms with E-state index in [4.69, 9.17) is 14.2 Å². The Morgan fingerprint density at radius 2 is 2.03 bits per heavy atom. The second-order valence-electron chi connectivity index (χ2n) is 9.16. The molecule has 1 saturated heterocycles. The molecule has 3 aromatic rings. The van der Waals surface area contributed by atoms with E-state index in [1.807, 2.05) is 68.1 Å². The fourth-order valence-electron chi connectivity index (χ4n) is 4.57. The van der Waals surface area contributed by atoms with Crippen molar-refractivity contribution in [1.29, 1.82) is 0 Å². The molecule has 176 valence electrons. The summed E-state index contributed by atoms with van der Waals surface area (Å²) >= 11 is 0. The van der Waals surface area contributed by atoms with Crippen molar-refractivity contribution in [2.45, 2.75) is 38.8 Å². The fraction of sp³-hybridized carbons (Fsp3) is 0.346.